The van der Waals surface area contributed by atoms with E-state index in [-0.39, 0.29) is 11.3 Å². The molecule has 1 aromatic heterocycles. The van der Waals surface area contributed by atoms with Gasteiger partial charge >= 0.3 is 11.7 Å². The molecule has 0 atom stereocenters. The van der Waals surface area contributed by atoms with Gasteiger partial charge < -0.3 is 5.11 Å². The minimum Gasteiger partial charge on any atom is -0.478 e. The first-order valence-corrected chi connectivity index (χ1v) is 6.70. The Bertz CT molecular complexity index is 648. The average molecular weight is 279 g/mol. The van der Waals surface area contributed by atoms with E-state index in [9.17, 15) is 9.59 Å². The smallest absolute Gasteiger partial charge is 0.343 e. The minimum absolute atomic E-state index is 0.232. The SMILES string of the molecule is CCn1c(SCc2cccc(C(=O)O)c2)n[nH]c1=O. The van der Waals surface area contributed by atoms with E-state index in [0.29, 0.717) is 17.5 Å². The van der Waals surface area contributed by atoms with Crippen LogP contribution in [0.3, 0.4) is 0 Å². The molecule has 0 radical (unpaired) electrons. The number of rotatable bonds is 5. The molecule has 2 rings (SSSR count). The van der Waals surface area contributed by atoms with Gasteiger partial charge in [-0.05, 0) is 24.6 Å². The second-order valence-corrected chi connectivity index (χ2v) is 4.79. The number of aromatic nitrogens is 3. The highest BCUT2D eigenvalue weighted by atomic mass is 32.2. The van der Waals surface area contributed by atoms with Crippen LogP contribution in [-0.2, 0) is 12.3 Å². The monoisotopic (exact) mass is 279 g/mol. The molecule has 19 heavy (non-hydrogen) atoms. The van der Waals surface area contributed by atoms with Crippen LogP contribution in [0.15, 0.2) is 34.2 Å². The van der Waals surface area contributed by atoms with Gasteiger partial charge in [0.1, 0.15) is 0 Å². The number of nitrogens with one attached hydrogen (secondary N) is 1. The van der Waals surface area contributed by atoms with Crippen molar-refractivity contribution in [2.75, 3.05) is 0 Å². The molecular weight excluding hydrogens is 266 g/mol. The number of aromatic amines is 1. The van der Waals surface area contributed by atoms with Gasteiger partial charge in [-0.3, -0.25) is 4.57 Å². The molecule has 0 aliphatic heterocycles. The molecule has 1 heterocycles. The number of benzene rings is 1. The molecule has 1 aromatic carbocycles. The fourth-order valence-corrected chi connectivity index (χ4v) is 2.59. The maximum absolute atomic E-state index is 11.4. The number of carboxylic acid groups (broad SMARTS) is 1. The quantitative estimate of drug-likeness (QED) is 0.811. The lowest BCUT2D eigenvalue weighted by Gasteiger charge is -2.03. The van der Waals surface area contributed by atoms with Crippen LogP contribution in [0.4, 0.5) is 0 Å². The van der Waals surface area contributed by atoms with E-state index in [1.54, 1.807) is 18.2 Å². The Morgan fingerprint density at radius 1 is 1.53 bits per heavy atom. The number of carbonyl (C=O) groups is 1. The Morgan fingerprint density at radius 3 is 3.00 bits per heavy atom. The second-order valence-electron chi connectivity index (χ2n) is 3.85. The Morgan fingerprint density at radius 2 is 2.32 bits per heavy atom. The van der Waals surface area contributed by atoms with Crippen LogP contribution in [0, 0.1) is 0 Å². The number of thioether (sulfide) groups is 1. The summed E-state index contributed by atoms with van der Waals surface area (Å²) in [5.41, 5.74) is 0.903. The molecule has 100 valence electrons. The maximum atomic E-state index is 11.4. The van der Waals surface area contributed by atoms with Crippen LogP contribution in [0.5, 0.6) is 0 Å². The average Bonchev–Trinajstić information content (AvgIpc) is 2.77. The lowest BCUT2D eigenvalue weighted by atomic mass is 10.1. The highest BCUT2D eigenvalue weighted by Gasteiger charge is 2.08. The molecule has 7 heteroatoms. The van der Waals surface area contributed by atoms with Crippen molar-refractivity contribution in [3.8, 4) is 0 Å². The van der Waals surface area contributed by atoms with Gasteiger partial charge in [-0.1, -0.05) is 23.9 Å². The van der Waals surface area contributed by atoms with Crippen molar-refractivity contribution in [2.45, 2.75) is 24.4 Å². The molecule has 2 N–H and O–H groups in total. The van der Waals surface area contributed by atoms with Gasteiger partial charge in [0.15, 0.2) is 5.16 Å². The third-order valence-corrected chi connectivity index (χ3v) is 3.63. The van der Waals surface area contributed by atoms with Gasteiger partial charge in [0.2, 0.25) is 0 Å². The van der Waals surface area contributed by atoms with Crippen LogP contribution in [0.1, 0.15) is 22.8 Å². The summed E-state index contributed by atoms with van der Waals surface area (Å²) in [6, 6.07) is 6.72. The zero-order chi connectivity index (χ0) is 13.8. The van der Waals surface area contributed by atoms with Gasteiger partial charge in [-0.15, -0.1) is 5.10 Å². The van der Waals surface area contributed by atoms with E-state index in [1.807, 2.05) is 13.0 Å². The Balaban J connectivity index is 2.12. The number of carboxylic acids is 1. The van der Waals surface area contributed by atoms with Crippen LogP contribution >= 0.6 is 11.8 Å². The topological polar surface area (TPSA) is 88.0 Å². The summed E-state index contributed by atoms with van der Waals surface area (Å²) >= 11 is 1.39. The summed E-state index contributed by atoms with van der Waals surface area (Å²) < 4.78 is 1.53. The summed E-state index contributed by atoms with van der Waals surface area (Å²) in [5, 5.41) is 15.8. The van der Waals surface area contributed by atoms with Crippen molar-refractivity contribution in [1.82, 2.24) is 14.8 Å². The largest absolute Gasteiger partial charge is 0.478 e. The standard InChI is InChI=1S/C12H13N3O3S/c1-2-15-11(18)13-14-12(15)19-7-8-4-3-5-9(6-8)10(16)17/h3-6H,2,7H2,1H3,(H,13,18)(H,16,17). The third kappa shape index (κ3) is 3.05. The summed E-state index contributed by atoms with van der Waals surface area (Å²) in [6.45, 7) is 2.42. The third-order valence-electron chi connectivity index (χ3n) is 2.58. The second kappa shape index (κ2) is 5.75. The number of aromatic carboxylic acids is 1. The lowest BCUT2D eigenvalue weighted by molar-refractivity contribution is 0.0697. The first-order chi connectivity index (χ1) is 9.11. The van der Waals surface area contributed by atoms with Gasteiger partial charge in [0, 0.05) is 12.3 Å². The molecule has 0 saturated carbocycles. The molecule has 0 unspecified atom stereocenters. The van der Waals surface area contributed by atoms with E-state index in [0.717, 1.165) is 5.56 Å². The van der Waals surface area contributed by atoms with Crippen molar-refractivity contribution in [3.05, 3.63) is 45.9 Å². The molecule has 6 nitrogen and oxygen atoms in total. The molecule has 0 aliphatic rings. The zero-order valence-corrected chi connectivity index (χ0v) is 11.1. The molecule has 0 saturated heterocycles. The molecule has 0 bridgehead atoms. The fourth-order valence-electron chi connectivity index (χ4n) is 1.63. The summed E-state index contributed by atoms with van der Waals surface area (Å²) in [4.78, 5) is 22.2. The number of hydrogen-bond donors (Lipinski definition) is 2. The zero-order valence-electron chi connectivity index (χ0n) is 10.3. The van der Waals surface area contributed by atoms with Crippen molar-refractivity contribution in [3.63, 3.8) is 0 Å². The number of H-pyrrole nitrogens is 1. The summed E-state index contributed by atoms with van der Waals surface area (Å²) in [7, 11) is 0. The highest BCUT2D eigenvalue weighted by Crippen LogP contribution is 2.20. The number of nitrogens with zero attached hydrogens (tertiary/aromatic N) is 2. The Labute approximate surface area is 113 Å². The van der Waals surface area contributed by atoms with Crippen molar-refractivity contribution in [2.24, 2.45) is 0 Å². The predicted octanol–water partition coefficient (Wildman–Crippen LogP) is 1.58. The predicted molar refractivity (Wildman–Crippen MR) is 71.5 cm³/mol. The van der Waals surface area contributed by atoms with Crippen molar-refractivity contribution >= 4 is 17.7 Å². The molecule has 0 spiro atoms. The highest BCUT2D eigenvalue weighted by molar-refractivity contribution is 7.98. The Kier molecular flexibility index (Phi) is 4.06. The summed E-state index contributed by atoms with van der Waals surface area (Å²) in [6.07, 6.45) is 0. The normalized spacial score (nSPS) is 10.6. The van der Waals surface area contributed by atoms with Gasteiger partial charge in [-0.2, -0.15) is 0 Å². The van der Waals surface area contributed by atoms with Crippen LogP contribution in [0.2, 0.25) is 0 Å². The molecule has 0 fully saturated rings. The fraction of sp³-hybridized carbons (Fsp3) is 0.250. The van der Waals surface area contributed by atoms with Gasteiger partial charge in [-0.25, -0.2) is 14.7 Å². The van der Waals surface area contributed by atoms with E-state index < -0.39 is 5.97 Å². The van der Waals surface area contributed by atoms with Crippen molar-refractivity contribution in [1.29, 1.82) is 0 Å². The molecular formula is C12H13N3O3S. The van der Waals surface area contributed by atoms with E-state index in [2.05, 4.69) is 10.2 Å². The molecule has 0 amide bonds. The first-order valence-electron chi connectivity index (χ1n) is 5.72. The van der Waals surface area contributed by atoms with Gasteiger partial charge in [0.05, 0.1) is 5.56 Å². The Hall–Kier alpha value is -2.02. The lowest BCUT2D eigenvalue weighted by Crippen LogP contribution is -2.16. The van der Waals surface area contributed by atoms with Crippen LogP contribution in [-0.4, -0.2) is 25.8 Å². The minimum atomic E-state index is -0.947. The first kappa shape index (κ1) is 13.4. The molecule has 2 aromatic rings. The van der Waals surface area contributed by atoms with E-state index >= 15 is 0 Å². The van der Waals surface area contributed by atoms with E-state index in [1.165, 1.54) is 16.3 Å². The summed E-state index contributed by atoms with van der Waals surface area (Å²) in [5.74, 6) is -0.386. The van der Waals surface area contributed by atoms with Crippen molar-refractivity contribution < 1.29 is 9.90 Å². The van der Waals surface area contributed by atoms with E-state index in [4.69, 9.17) is 5.11 Å². The van der Waals surface area contributed by atoms with Crippen LogP contribution < -0.4 is 5.69 Å². The number of hydrogen-bond acceptors (Lipinski definition) is 4. The van der Waals surface area contributed by atoms with Crippen LogP contribution in [0.25, 0.3) is 0 Å². The van der Waals surface area contributed by atoms with Gasteiger partial charge in [0.25, 0.3) is 0 Å². The maximum Gasteiger partial charge on any atom is 0.343 e. The molecule has 0 aliphatic carbocycles.